The van der Waals surface area contributed by atoms with E-state index in [4.69, 9.17) is 4.84 Å². The van der Waals surface area contributed by atoms with Crippen molar-refractivity contribution in [3.63, 3.8) is 0 Å². The minimum absolute atomic E-state index is 0.224. The van der Waals surface area contributed by atoms with Gasteiger partial charge in [0.15, 0.2) is 6.10 Å². The quantitative estimate of drug-likeness (QED) is 0.646. The van der Waals surface area contributed by atoms with Gasteiger partial charge in [0, 0.05) is 6.20 Å². The van der Waals surface area contributed by atoms with Crippen LogP contribution in [0, 0.1) is 5.92 Å². The molecule has 2 aliphatic heterocycles. The Morgan fingerprint density at radius 2 is 1.52 bits per heavy atom. The molecule has 3 atom stereocenters. The molecular weight excluding hydrogens is 366 g/mol. The van der Waals surface area contributed by atoms with Crippen LogP contribution in [0.1, 0.15) is 17.3 Å². The minimum Gasteiger partial charge on any atom is -0.275 e. The van der Waals surface area contributed by atoms with Crippen molar-refractivity contribution in [2.24, 2.45) is 5.92 Å². The molecule has 3 heterocycles. The van der Waals surface area contributed by atoms with Crippen molar-refractivity contribution < 1.29 is 14.4 Å². The topological polar surface area (TPSA) is 62.7 Å². The number of para-hydroxylation sites is 1. The molecular formula is C23H19N3O3. The van der Waals surface area contributed by atoms with Crippen molar-refractivity contribution in [1.82, 2.24) is 9.88 Å². The summed E-state index contributed by atoms with van der Waals surface area (Å²) in [4.78, 5) is 38.3. The number of hydroxylamine groups is 1. The summed E-state index contributed by atoms with van der Waals surface area (Å²) in [6, 6.07) is 24.1. The molecule has 6 heteroatoms. The van der Waals surface area contributed by atoms with Crippen molar-refractivity contribution in [2.45, 2.75) is 18.7 Å². The highest BCUT2D eigenvalue weighted by Gasteiger charge is 2.60. The number of hydrogen-bond donors (Lipinski definition) is 0. The van der Waals surface area contributed by atoms with Crippen LogP contribution in [-0.2, 0) is 21.0 Å². The maximum atomic E-state index is 13.3. The number of carbonyl (C=O) groups excluding carboxylic acids is 2. The van der Waals surface area contributed by atoms with E-state index in [1.54, 1.807) is 11.3 Å². The molecule has 6 nitrogen and oxygen atoms in total. The van der Waals surface area contributed by atoms with E-state index in [2.05, 4.69) is 4.98 Å². The van der Waals surface area contributed by atoms with Gasteiger partial charge in [0.25, 0.3) is 5.91 Å². The van der Waals surface area contributed by atoms with Crippen LogP contribution in [0.15, 0.2) is 85.1 Å². The van der Waals surface area contributed by atoms with Gasteiger partial charge in [-0.1, -0.05) is 54.6 Å². The molecule has 2 saturated heterocycles. The monoisotopic (exact) mass is 385 g/mol. The molecule has 0 unspecified atom stereocenters. The average molecular weight is 385 g/mol. The Balaban J connectivity index is 1.52. The molecule has 0 radical (unpaired) electrons. The molecule has 1 aromatic heterocycles. The predicted octanol–water partition coefficient (Wildman–Crippen LogP) is 3.13. The predicted molar refractivity (Wildman–Crippen MR) is 106 cm³/mol. The number of aromatic nitrogens is 1. The first-order chi connectivity index (χ1) is 14.2. The van der Waals surface area contributed by atoms with Crippen molar-refractivity contribution >= 4 is 17.5 Å². The molecule has 2 aliphatic rings. The number of fused-ring (bicyclic) bond motifs is 1. The summed E-state index contributed by atoms with van der Waals surface area (Å²) >= 11 is 0. The molecule has 0 N–H and O–H groups in total. The first kappa shape index (κ1) is 17.6. The smallest absolute Gasteiger partial charge is 0.262 e. The van der Waals surface area contributed by atoms with E-state index >= 15 is 0 Å². The maximum absolute atomic E-state index is 13.3. The Hall–Kier alpha value is -3.51. The average Bonchev–Trinajstić information content (AvgIpc) is 3.28. The van der Waals surface area contributed by atoms with Crippen LogP contribution in [-0.4, -0.2) is 27.8 Å². The standard InChI is InChI=1S/C23H19N3O3/c27-22-19-20(18-13-7-8-14-24-18)26(17-11-5-2-6-12-17)29-21(19)23(28)25(22)15-16-9-3-1-4-10-16/h1-14,19-21H,15H2/t19-,20+,21+/m0/s1. The molecule has 2 fully saturated rings. The largest absolute Gasteiger partial charge is 0.275 e. The van der Waals surface area contributed by atoms with E-state index in [-0.39, 0.29) is 18.4 Å². The zero-order chi connectivity index (χ0) is 19.8. The van der Waals surface area contributed by atoms with Gasteiger partial charge >= 0.3 is 0 Å². The van der Waals surface area contributed by atoms with Gasteiger partial charge < -0.3 is 0 Å². The Labute approximate surface area is 168 Å². The highest BCUT2D eigenvalue weighted by molar-refractivity contribution is 6.07. The first-order valence-electron chi connectivity index (χ1n) is 9.55. The Bertz CT molecular complexity index is 1030. The van der Waals surface area contributed by atoms with Gasteiger partial charge in [-0.25, -0.2) is 5.06 Å². The number of rotatable bonds is 4. The zero-order valence-corrected chi connectivity index (χ0v) is 15.6. The number of likely N-dealkylation sites (tertiary alicyclic amines) is 1. The van der Waals surface area contributed by atoms with E-state index in [1.165, 1.54) is 4.90 Å². The number of amides is 2. The lowest BCUT2D eigenvalue weighted by Crippen LogP contribution is -2.37. The summed E-state index contributed by atoms with van der Waals surface area (Å²) < 4.78 is 0. The summed E-state index contributed by atoms with van der Waals surface area (Å²) in [6.07, 6.45) is 0.841. The van der Waals surface area contributed by atoms with Crippen LogP contribution >= 0.6 is 0 Å². The van der Waals surface area contributed by atoms with Gasteiger partial charge in [0.05, 0.1) is 17.9 Å². The highest BCUT2D eigenvalue weighted by Crippen LogP contribution is 2.46. The fourth-order valence-corrected chi connectivity index (χ4v) is 4.04. The molecule has 5 rings (SSSR count). The summed E-state index contributed by atoms with van der Waals surface area (Å²) in [6.45, 7) is 0.245. The minimum atomic E-state index is -0.849. The van der Waals surface area contributed by atoms with E-state index in [0.717, 1.165) is 11.3 Å². The Kier molecular flexibility index (Phi) is 4.33. The van der Waals surface area contributed by atoms with Crippen molar-refractivity contribution in [1.29, 1.82) is 0 Å². The fraction of sp³-hybridized carbons (Fsp3) is 0.174. The lowest BCUT2D eigenvalue weighted by atomic mass is 9.93. The molecule has 0 saturated carbocycles. The van der Waals surface area contributed by atoms with Gasteiger partial charge in [-0.15, -0.1) is 0 Å². The fourth-order valence-electron chi connectivity index (χ4n) is 4.04. The van der Waals surface area contributed by atoms with Crippen LogP contribution < -0.4 is 5.06 Å². The third kappa shape index (κ3) is 2.98. The van der Waals surface area contributed by atoms with Gasteiger partial charge in [0.2, 0.25) is 5.91 Å². The third-order valence-electron chi connectivity index (χ3n) is 5.39. The molecule has 29 heavy (non-hydrogen) atoms. The van der Waals surface area contributed by atoms with Crippen molar-refractivity contribution in [3.05, 3.63) is 96.3 Å². The SMILES string of the molecule is O=C1[C@H]2[C@@H](c3ccccn3)N(c3ccccc3)O[C@H]2C(=O)N1Cc1ccccc1. The number of imide groups is 1. The lowest BCUT2D eigenvalue weighted by molar-refractivity contribution is -0.143. The normalized spacial score (nSPS) is 23.5. The second-order valence-electron chi connectivity index (χ2n) is 7.16. The van der Waals surface area contributed by atoms with Crippen LogP contribution in [0.3, 0.4) is 0 Å². The Morgan fingerprint density at radius 1 is 0.828 bits per heavy atom. The van der Waals surface area contributed by atoms with Gasteiger partial charge in [-0.3, -0.25) is 24.3 Å². The molecule has 144 valence electrons. The van der Waals surface area contributed by atoms with Crippen molar-refractivity contribution in [2.75, 3.05) is 5.06 Å². The van der Waals surface area contributed by atoms with E-state index < -0.39 is 18.1 Å². The Morgan fingerprint density at radius 3 is 2.21 bits per heavy atom. The number of hydrogen-bond acceptors (Lipinski definition) is 5. The molecule has 0 aliphatic carbocycles. The summed E-state index contributed by atoms with van der Waals surface area (Å²) in [5, 5.41) is 1.66. The summed E-state index contributed by atoms with van der Waals surface area (Å²) in [7, 11) is 0. The zero-order valence-electron chi connectivity index (χ0n) is 15.6. The molecule has 0 bridgehead atoms. The van der Waals surface area contributed by atoms with Gasteiger partial charge in [-0.05, 0) is 29.8 Å². The lowest BCUT2D eigenvalue weighted by Gasteiger charge is -2.28. The highest BCUT2D eigenvalue weighted by atomic mass is 16.7. The van der Waals surface area contributed by atoms with Crippen LogP contribution in [0.2, 0.25) is 0 Å². The van der Waals surface area contributed by atoms with Gasteiger partial charge in [-0.2, -0.15) is 0 Å². The summed E-state index contributed by atoms with van der Waals surface area (Å²) in [5.41, 5.74) is 2.39. The van der Waals surface area contributed by atoms with Crippen LogP contribution in [0.25, 0.3) is 0 Å². The van der Waals surface area contributed by atoms with Crippen LogP contribution in [0.5, 0.6) is 0 Å². The third-order valence-corrected chi connectivity index (χ3v) is 5.39. The maximum Gasteiger partial charge on any atom is 0.262 e. The number of carbonyl (C=O) groups is 2. The van der Waals surface area contributed by atoms with E-state index in [1.807, 2.05) is 78.9 Å². The molecule has 2 aromatic carbocycles. The second kappa shape index (κ2) is 7.14. The summed E-state index contributed by atoms with van der Waals surface area (Å²) in [5.74, 6) is -1.16. The second-order valence-corrected chi connectivity index (χ2v) is 7.16. The molecule has 2 amide bonds. The van der Waals surface area contributed by atoms with E-state index in [0.29, 0.717) is 5.69 Å². The van der Waals surface area contributed by atoms with Crippen molar-refractivity contribution in [3.8, 4) is 0 Å². The number of nitrogens with zero attached hydrogens (tertiary/aromatic N) is 3. The van der Waals surface area contributed by atoms with E-state index in [9.17, 15) is 9.59 Å². The van der Waals surface area contributed by atoms with Gasteiger partial charge in [0.1, 0.15) is 12.0 Å². The molecule has 0 spiro atoms. The van der Waals surface area contributed by atoms with Crippen LogP contribution in [0.4, 0.5) is 5.69 Å². The number of pyridine rings is 1. The number of anilines is 1. The first-order valence-corrected chi connectivity index (χ1v) is 9.55. The number of benzene rings is 2. The molecule has 3 aromatic rings.